The number of nitrogens with one attached hydrogen (secondary N) is 1. The maximum Gasteiger partial charge on any atom is 0.136 e. The number of pyridine rings is 1. The number of rotatable bonds is 5. The minimum Gasteiger partial charge on any atom is -0.467 e. The largest absolute Gasteiger partial charge is 0.467 e. The summed E-state index contributed by atoms with van der Waals surface area (Å²) in [5, 5.41) is 5.60. The van der Waals surface area contributed by atoms with Crippen LogP contribution in [0.3, 0.4) is 0 Å². The van der Waals surface area contributed by atoms with Crippen molar-refractivity contribution in [2.24, 2.45) is 0 Å². The van der Waals surface area contributed by atoms with E-state index in [1.165, 1.54) is 16.3 Å². The number of furan rings is 1. The molecule has 3 aromatic rings. The Hall–Kier alpha value is -2.33. The van der Waals surface area contributed by atoms with Crippen LogP contribution in [0.15, 0.2) is 53.3 Å². The lowest BCUT2D eigenvalue weighted by molar-refractivity contribution is 0.507. The van der Waals surface area contributed by atoms with Crippen molar-refractivity contribution in [3.8, 4) is 0 Å². The van der Waals surface area contributed by atoms with E-state index in [4.69, 9.17) is 4.42 Å². The van der Waals surface area contributed by atoms with Gasteiger partial charge in [0.25, 0.3) is 0 Å². The number of aromatic nitrogens is 1. The number of anilines is 1. The highest BCUT2D eigenvalue weighted by atomic mass is 16.3. The van der Waals surface area contributed by atoms with Gasteiger partial charge in [-0.3, -0.25) is 0 Å². The van der Waals surface area contributed by atoms with E-state index in [1.807, 2.05) is 32.4 Å². The fourth-order valence-electron chi connectivity index (χ4n) is 2.58. The van der Waals surface area contributed by atoms with Crippen molar-refractivity contribution >= 4 is 16.6 Å². The monoisotopic (exact) mass is 281 g/mol. The molecule has 2 heterocycles. The molecule has 1 N–H and O–H groups in total. The first-order chi connectivity index (χ1) is 10.3. The molecule has 4 heteroatoms. The van der Waals surface area contributed by atoms with Crippen LogP contribution < -0.4 is 10.2 Å². The molecule has 2 aromatic heterocycles. The highest BCUT2D eigenvalue weighted by molar-refractivity contribution is 5.94. The molecule has 0 spiro atoms. The zero-order valence-electron chi connectivity index (χ0n) is 12.3. The van der Waals surface area contributed by atoms with E-state index in [9.17, 15) is 0 Å². The van der Waals surface area contributed by atoms with Gasteiger partial charge >= 0.3 is 0 Å². The van der Waals surface area contributed by atoms with Gasteiger partial charge < -0.3 is 14.6 Å². The van der Waals surface area contributed by atoms with Gasteiger partial charge in [0.15, 0.2) is 0 Å². The lowest BCUT2D eigenvalue weighted by Gasteiger charge is -2.20. The Kier molecular flexibility index (Phi) is 3.88. The van der Waals surface area contributed by atoms with Crippen LogP contribution in [-0.2, 0) is 13.1 Å². The molecule has 0 aliphatic carbocycles. The van der Waals surface area contributed by atoms with Crippen molar-refractivity contribution in [1.29, 1.82) is 0 Å². The van der Waals surface area contributed by atoms with Crippen molar-refractivity contribution in [3.05, 3.63) is 60.2 Å². The van der Waals surface area contributed by atoms with Crippen LogP contribution in [0.4, 0.5) is 5.82 Å². The predicted octanol–water partition coefficient (Wildman–Crippen LogP) is 3.18. The highest BCUT2D eigenvalue weighted by Gasteiger charge is 2.11. The third-order valence-corrected chi connectivity index (χ3v) is 3.56. The van der Waals surface area contributed by atoms with Crippen LogP contribution >= 0.6 is 0 Å². The molecule has 0 amide bonds. The van der Waals surface area contributed by atoms with Gasteiger partial charge in [-0.05, 0) is 30.1 Å². The molecular weight excluding hydrogens is 262 g/mol. The van der Waals surface area contributed by atoms with Gasteiger partial charge in [0.2, 0.25) is 0 Å². The fourth-order valence-corrected chi connectivity index (χ4v) is 2.58. The van der Waals surface area contributed by atoms with E-state index in [2.05, 4.69) is 39.5 Å². The summed E-state index contributed by atoms with van der Waals surface area (Å²) in [4.78, 5) is 6.77. The topological polar surface area (TPSA) is 41.3 Å². The molecule has 108 valence electrons. The standard InChI is InChI=1S/C17H19N3O/c1-18-10-13-11-19-17(16-8-4-3-7-15(13)16)20(2)12-14-6-5-9-21-14/h3-9,11,18H,10,12H2,1-2H3. The molecule has 0 atom stereocenters. The molecule has 0 saturated carbocycles. The zero-order chi connectivity index (χ0) is 14.7. The number of hydrogen-bond acceptors (Lipinski definition) is 4. The summed E-state index contributed by atoms with van der Waals surface area (Å²) < 4.78 is 5.42. The summed E-state index contributed by atoms with van der Waals surface area (Å²) in [7, 11) is 3.99. The van der Waals surface area contributed by atoms with Crippen LogP contribution in [-0.4, -0.2) is 19.1 Å². The van der Waals surface area contributed by atoms with E-state index in [1.54, 1.807) is 6.26 Å². The second kappa shape index (κ2) is 5.97. The summed E-state index contributed by atoms with van der Waals surface area (Å²) in [6, 6.07) is 12.3. The van der Waals surface area contributed by atoms with Gasteiger partial charge in [-0.1, -0.05) is 24.3 Å². The molecular formula is C17H19N3O. The SMILES string of the molecule is CNCc1cnc(N(C)Cc2ccco2)c2ccccc12. The second-order valence-electron chi connectivity index (χ2n) is 5.12. The van der Waals surface area contributed by atoms with Crippen molar-refractivity contribution in [2.45, 2.75) is 13.1 Å². The Bertz CT molecular complexity index is 722. The Labute approximate surface area is 124 Å². The van der Waals surface area contributed by atoms with Gasteiger partial charge in [-0.2, -0.15) is 0 Å². The first-order valence-corrected chi connectivity index (χ1v) is 7.04. The lowest BCUT2D eigenvalue weighted by Crippen LogP contribution is -2.18. The number of hydrogen-bond donors (Lipinski definition) is 1. The van der Waals surface area contributed by atoms with Gasteiger partial charge in [0, 0.05) is 25.2 Å². The summed E-state index contributed by atoms with van der Waals surface area (Å²) in [6.07, 6.45) is 3.65. The summed E-state index contributed by atoms with van der Waals surface area (Å²) in [6.45, 7) is 1.52. The van der Waals surface area contributed by atoms with Crippen LogP contribution in [0, 0.1) is 0 Å². The van der Waals surface area contributed by atoms with Crippen LogP contribution in [0.1, 0.15) is 11.3 Å². The van der Waals surface area contributed by atoms with E-state index >= 15 is 0 Å². The highest BCUT2D eigenvalue weighted by Crippen LogP contribution is 2.27. The van der Waals surface area contributed by atoms with E-state index in [-0.39, 0.29) is 0 Å². The van der Waals surface area contributed by atoms with Crippen molar-refractivity contribution in [1.82, 2.24) is 10.3 Å². The molecule has 0 bridgehead atoms. The van der Waals surface area contributed by atoms with Gasteiger partial charge in [0.1, 0.15) is 11.6 Å². The maximum atomic E-state index is 5.42. The predicted molar refractivity (Wildman–Crippen MR) is 85.3 cm³/mol. The average Bonchev–Trinajstić information content (AvgIpc) is 3.00. The summed E-state index contributed by atoms with van der Waals surface area (Å²) >= 11 is 0. The molecule has 0 radical (unpaired) electrons. The minimum atomic E-state index is 0.704. The summed E-state index contributed by atoms with van der Waals surface area (Å²) in [5.74, 6) is 1.91. The van der Waals surface area contributed by atoms with E-state index in [0.717, 1.165) is 18.1 Å². The normalized spacial score (nSPS) is 11.0. The first-order valence-electron chi connectivity index (χ1n) is 7.04. The van der Waals surface area contributed by atoms with Crippen molar-refractivity contribution in [2.75, 3.05) is 19.0 Å². The quantitative estimate of drug-likeness (QED) is 0.780. The van der Waals surface area contributed by atoms with Crippen molar-refractivity contribution < 1.29 is 4.42 Å². The first kappa shape index (κ1) is 13.6. The van der Waals surface area contributed by atoms with Crippen LogP contribution in [0.25, 0.3) is 10.8 Å². The molecule has 4 nitrogen and oxygen atoms in total. The molecule has 1 aromatic carbocycles. The van der Waals surface area contributed by atoms with Gasteiger partial charge in [-0.25, -0.2) is 4.98 Å². The minimum absolute atomic E-state index is 0.704. The number of nitrogens with zero attached hydrogens (tertiary/aromatic N) is 2. The average molecular weight is 281 g/mol. The van der Waals surface area contributed by atoms with Crippen molar-refractivity contribution in [3.63, 3.8) is 0 Å². The van der Waals surface area contributed by atoms with Crippen LogP contribution in [0.5, 0.6) is 0 Å². The molecule has 3 rings (SSSR count). The number of fused-ring (bicyclic) bond motifs is 1. The Morgan fingerprint density at radius 2 is 1.95 bits per heavy atom. The lowest BCUT2D eigenvalue weighted by atomic mass is 10.1. The third-order valence-electron chi connectivity index (χ3n) is 3.56. The van der Waals surface area contributed by atoms with E-state index in [0.29, 0.717) is 6.54 Å². The number of benzene rings is 1. The molecule has 0 aliphatic heterocycles. The molecule has 0 saturated heterocycles. The molecule has 0 fully saturated rings. The summed E-state index contributed by atoms with van der Waals surface area (Å²) in [5.41, 5.74) is 1.21. The molecule has 0 unspecified atom stereocenters. The Morgan fingerprint density at radius 3 is 2.67 bits per heavy atom. The molecule has 21 heavy (non-hydrogen) atoms. The maximum absolute atomic E-state index is 5.42. The Balaban J connectivity index is 2.00. The second-order valence-corrected chi connectivity index (χ2v) is 5.12. The molecule has 0 aliphatic rings. The third kappa shape index (κ3) is 2.76. The zero-order valence-corrected chi connectivity index (χ0v) is 12.3. The fraction of sp³-hybridized carbons (Fsp3) is 0.235. The Morgan fingerprint density at radius 1 is 1.14 bits per heavy atom. The van der Waals surface area contributed by atoms with Gasteiger partial charge in [0.05, 0.1) is 12.8 Å². The van der Waals surface area contributed by atoms with Crippen LogP contribution in [0.2, 0.25) is 0 Å². The van der Waals surface area contributed by atoms with Gasteiger partial charge in [-0.15, -0.1) is 0 Å². The smallest absolute Gasteiger partial charge is 0.136 e. The van der Waals surface area contributed by atoms with E-state index < -0.39 is 0 Å².